The van der Waals surface area contributed by atoms with Crippen LogP contribution in [0, 0.1) is 17.1 Å². The molecular formula is C21H25FIN5O. The topological polar surface area (TPSA) is 63.9 Å². The molecule has 1 aliphatic heterocycles. The van der Waals surface area contributed by atoms with Crippen LogP contribution in [0.15, 0.2) is 47.5 Å². The van der Waals surface area contributed by atoms with Crippen molar-refractivity contribution in [3.8, 4) is 11.8 Å². The molecular weight excluding hydrogens is 484 g/mol. The third-order valence-electron chi connectivity index (χ3n) is 4.85. The molecule has 0 aromatic heterocycles. The fourth-order valence-corrected chi connectivity index (χ4v) is 3.24. The molecule has 1 saturated heterocycles. The van der Waals surface area contributed by atoms with Gasteiger partial charge in [-0.15, -0.1) is 24.0 Å². The Hall–Kier alpha value is -2.54. The molecule has 1 fully saturated rings. The van der Waals surface area contributed by atoms with E-state index in [4.69, 9.17) is 10.00 Å². The first-order chi connectivity index (χ1) is 13.6. The van der Waals surface area contributed by atoms with Gasteiger partial charge in [0.15, 0.2) is 5.96 Å². The van der Waals surface area contributed by atoms with E-state index in [9.17, 15) is 4.39 Å². The van der Waals surface area contributed by atoms with E-state index in [2.05, 4.69) is 32.2 Å². The zero-order valence-corrected chi connectivity index (χ0v) is 18.9. The number of nitriles is 1. The number of nitrogens with one attached hydrogen (secondary N) is 1. The first kappa shape index (κ1) is 22.7. The summed E-state index contributed by atoms with van der Waals surface area (Å²) in [7, 11) is 3.39. The van der Waals surface area contributed by atoms with Gasteiger partial charge in [0.25, 0.3) is 0 Å². The van der Waals surface area contributed by atoms with Gasteiger partial charge in [0.1, 0.15) is 11.6 Å². The molecule has 0 saturated carbocycles. The molecule has 1 heterocycles. The Morgan fingerprint density at radius 1 is 1.17 bits per heavy atom. The number of rotatable bonds is 4. The van der Waals surface area contributed by atoms with Crippen LogP contribution >= 0.6 is 24.0 Å². The molecule has 0 unspecified atom stereocenters. The summed E-state index contributed by atoms with van der Waals surface area (Å²) < 4.78 is 19.3. The molecule has 0 amide bonds. The molecule has 2 aromatic carbocycles. The van der Waals surface area contributed by atoms with Crippen molar-refractivity contribution >= 4 is 35.6 Å². The van der Waals surface area contributed by atoms with Crippen LogP contribution in [0.5, 0.6) is 5.75 Å². The standard InChI is InChI=1S/C21H24FN5O.HI/c1-24-21(25-15-17-4-3-16(14-23)13-20(17)22)27-11-9-26(10-12-27)18-5-7-19(28-2)8-6-18;/h3-8,13H,9-12,15H2,1-2H3,(H,24,25);1H. The third-order valence-corrected chi connectivity index (χ3v) is 4.85. The minimum Gasteiger partial charge on any atom is -0.497 e. The number of anilines is 1. The second-order valence-corrected chi connectivity index (χ2v) is 6.49. The van der Waals surface area contributed by atoms with Crippen LogP contribution in [0.1, 0.15) is 11.1 Å². The second-order valence-electron chi connectivity index (χ2n) is 6.49. The molecule has 0 aliphatic carbocycles. The van der Waals surface area contributed by atoms with Crippen LogP contribution in [0.3, 0.4) is 0 Å². The molecule has 8 heteroatoms. The Labute approximate surface area is 188 Å². The van der Waals surface area contributed by atoms with Gasteiger partial charge in [0.2, 0.25) is 0 Å². The summed E-state index contributed by atoms with van der Waals surface area (Å²) >= 11 is 0. The summed E-state index contributed by atoms with van der Waals surface area (Å²) in [6.45, 7) is 3.71. The largest absolute Gasteiger partial charge is 0.497 e. The number of benzene rings is 2. The third kappa shape index (κ3) is 5.73. The molecule has 2 aromatic rings. The Morgan fingerprint density at radius 2 is 1.86 bits per heavy atom. The summed E-state index contributed by atoms with van der Waals surface area (Å²) in [6.07, 6.45) is 0. The normalized spacial score (nSPS) is 14.1. The van der Waals surface area contributed by atoms with Crippen LogP contribution in [0.2, 0.25) is 0 Å². The highest BCUT2D eigenvalue weighted by atomic mass is 127. The minimum absolute atomic E-state index is 0. The zero-order valence-electron chi connectivity index (χ0n) is 16.6. The average molecular weight is 509 g/mol. The molecule has 6 nitrogen and oxygen atoms in total. The monoisotopic (exact) mass is 509 g/mol. The molecule has 0 spiro atoms. The molecule has 29 heavy (non-hydrogen) atoms. The number of aliphatic imine (C=N–C) groups is 1. The Morgan fingerprint density at radius 3 is 2.41 bits per heavy atom. The van der Waals surface area contributed by atoms with E-state index < -0.39 is 0 Å². The number of piperazine rings is 1. The lowest BCUT2D eigenvalue weighted by Crippen LogP contribution is -2.52. The predicted molar refractivity (Wildman–Crippen MR) is 124 cm³/mol. The second kappa shape index (κ2) is 10.9. The van der Waals surface area contributed by atoms with Crippen LogP contribution in [0.4, 0.5) is 10.1 Å². The number of methoxy groups -OCH3 is 1. The zero-order chi connectivity index (χ0) is 19.9. The minimum atomic E-state index is -0.383. The summed E-state index contributed by atoms with van der Waals surface area (Å²) in [6, 6.07) is 14.5. The van der Waals surface area contributed by atoms with Gasteiger partial charge in [-0.1, -0.05) is 6.07 Å². The Kier molecular flexibility index (Phi) is 8.51. The van der Waals surface area contributed by atoms with E-state index in [0.717, 1.165) is 37.9 Å². The molecule has 0 radical (unpaired) electrons. The van der Waals surface area contributed by atoms with Crippen LogP contribution in [-0.2, 0) is 6.54 Å². The van der Waals surface area contributed by atoms with Gasteiger partial charge in [-0.3, -0.25) is 4.99 Å². The lowest BCUT2D eigenvalue weighted by atomic mass is 10.1. The summed E-state index contributed by atoms with van der Waals surface area (Å²) in [5, 5.41) is 12.1. The van der Waals surface area contributed by atoms with E-state index in [0.29, 0.717) is 17.7 Å². The lowest BCUT2D eigenvalue weighted by Gasteiger charge is -2.37. The molecule has 3 rings (SSSR count). The van der Waals surface area contributed by atoms with E-state index in [-0.39, 0.29) is 29.8 Å². The number of ether oxygens (including phenoxy) is 1. The number of hydrogen-bond donors (Lipinski definition) is 1. The van der Waals surface area contributed by atoms with Gasteiger partial charge >= 0.3 is 0 Å². The van der Waals surface area contributed by atoms with Crippen molar-refractivity contribution in [2.24, 2.45) is 4.99 Å². The Balaban J connectivity index is 0.00000300. The molecule has 154 valence electrons. The number of guanidine groups is 1. The van der Waals surface area contributed by atoms with Gasteiger partial charge < -0.3 is 19.9 Å². The van der Waals surface area contributed by atoms with Gasteiger partial charge in [-0.2, -0.15) is 5.26 Å². The van der Waals surface area contributed by atoms with E-state index in [1.807, 2.05) is 18.2 Å². The number of halogens is 2. The maximum Gasteiger partial charge on any atom is 0.194 e. The fraction of sp³-hybridized carbons (Fsp3) is 0.333. The van der Waals surface area contributed by atoms with Gasteiger partial charge in [0, 0.05) is 51.0 Å². The van der Waals surface area contributed by atoms with Gasteiger partial charge in [-0.05, 0) is 36.4 Å². The van der Waals surface area contributed by atoms with Gasteiger partial charge in [-0.25, -0.2) is 4.39 Å². The molecule has 1 aliphatic rings. The summed E-state index contributed by atoms with van der Waals surface area (Å²) in [5.41, 5.74) is 2.00. The van der Waals surface area contributed by atoms with E-state index >= 15 is 0 Å². The molecule has 1 N–H and O–H groups in total. The fourth-order valence-electron chi connectivity index (χ4n) is 3.24. The smallest absolute Gasteiger partial charge is 0.194 e. The molecule has 0 atom stereocenters. The number of hydrogen-bond acceptors (Lipinski definition) is 4. The maximum absolute atomic E-state index is 14.1. The summed E-state index contributed by atoms with van der Waals surface area (Å²) in [4.78, 5) is 8.82. The first-order valence-corrected chi connectivity index (χ1v) is 9.17. The highest BCUT2D eigenvalue weighted by Gasteiger charge is 2.20. The van der Waals surface area contributed by atoms with Crippen molar-refractivity contribution in [2.75, 3.05) is 45.2 Å². The van der Waals surface area contributed by atoms with E-state index in [1.165, 1.54) is 11.8 Å². The van der Waals surface area contributed by atoms with Crippen molar-refractivity contribution in [1.29, 1.82) is 5.26 Å². The lowest BCUT2D eigenvalue weighted by molar-refractivity contribution is 0.372. The van der Waals surface area contributed by atoms with Crippen LogP contribution < -0.4 is 15.0 Å². The SMILES string of the molecule is CN=C(NCc1ccc(C#N)cc1F)N1CCN(c2ccc(OC)cc2)CC1.I. The first-order valence-electron chi connectivity index (χ1n) is 9.17. The number of nitrogens with zero attached hydrogens (tertiary/aromatic N) is 4. The van der Waals surface area contributed by atoms with Crippen molar-refractivity contribution in [2.45, 2.75) is 6.54 Å². The van der Waals surface area contributed by atoms with Crippen LogP contribution in [-0.4, -0.2) is 51.2 Å². The van der Waals surface area contributed by atoms with E-state index in [1.54, 1.807) is 26.3 Å². The van der Waals surface area contributed by atoms with Crippen molar-refractivity contribution in [3.63, 3.8) is 0 Å². The van der Waals surface area contributed by atoms with Crippen molar-refractivity contribution in [3.05, 3.63) is 59.4 Å². The average Bonchev–Trinajstić information content (AvgIpc) is 2.75. The Bertz CT molecular complexity index is 874. The summed E-state index contributed by atoms with van der Waals surface area (Å²) in [5.74, 6) is 1.21. The van der Waals surface area contributed by atoms with Gasteiger partial charge in [0.05, 0.1) is 18.7 Å². The van der Waals surface area contributed by atoms with Crippen molar-refractivity contribution in [1.82, 2.24) is 10.2 Å². The maximum atomic E-state index is 14.1. The van der Waals surface area contributed by atoms with Crippen molar-refractivity contribution < 1.29 is 9.13 Å². The predicted octanol–water partition coefficient (Wildman–Crippen LogP) is 3.22. The van der Waals surface area contributed by atoms with Crippen LogP contribution in [0.25, 0.3) is 0 Å². The molecule has 0 bridgehead atoms. The highest BCUT2D eigenvalue weighted by molar-refractivity contribution is 14.0. The quantitative estimate of drug-likeness (QED) is 0.390. The highest BCUT2D eigenvalue weighted by Crippen LogP contribution is 2.20.